The Morgan fingerprint density at radius 3 is 2.84 bits per heavy atom. The summed E-state index contributed by atoms with van der Waals surface area (Å²) in [4.78, 5) is 4.40. The van der Waals surface area contributed by atoms with Crippen LogP contribution in [0.25, 0.3) is 16.7 Å². The van der Waals surface area contributed by atoms with Crippen molar-refractivity contribution in [1.29, 1.82) is 0 Å². The normalized spacial score (nSPS) is 10.8. The molecule has 0 amide bonds. The van der Waals surface area contributed by atoms with E-state index in [1.165, 1.54) is 0 Å². The fourth-order valence-electron chi connectivity index (χ4n) is 2.20. The minimum atomic E-state index is 0.501. The fraction of sp³-hybridized carbons (Fsp3) is 0.133. The van der Waals surface area contributed by atoms with Gasteiger partial charge in [-0.3, -0.25) is 4.57 Å². The van der Waals surface area contributed by atoms with Crippen LogP contribution < -0.4 is 10.5 Å². The predicted molar refractivity (Wildman–Crippen MR) is 75.5 cm³/mol. The van der Waals surface area contributed by atoms with Crippen LogP contribution in [0.4, 0.5) is 0 Å². The van der Waals surface area contributed by atoms with Gasteiger partial charge >= 0.3 is 0 Å². The number of benzene rings is 2. The molecule has 2 aromatic carbocycles. The number of rotatable bonds is 3. The van der Waals surface area contributed by atoms with Gasteiger partial charge in [-0.05, 0) is 29.8 Å². The monoisotopic (exact) mass is 253 g/mol. The van der Waals surface area contributed by atoms with Crippen LogP contribution in [0.1, 0.15) is 5.56 Å². The van der Waals surface area contributed by atoms with E-state index in [1.807, 2.05) is 53.4 Å². The first-order chi connectivity index (χ1) is 9.33. The molecule has 0 radical (unpaired) electrons. The van der Waals surface area contributed by atoms with Gasteiger partial charge in [-0.25, -0.2) is 4.98 Å². The lowest BCUT2D eigenvalue weighted by molar-refractivity contribution is 0.412. The summed E-state index contributed by atoms with van der Waals surface area (Å²) in [5.41, 5.74) is 9.69. The molecule has 0 atom stereocenters. The number of hydrogen-bond donors (Lipinski definition) is 1. The van der Waals surface area contributed by atoms with Gasteiger partial charge in [0, 0.05) is 6.54 Å². The minimum Gasteiger partial charge on any atom is -0.495 e. The van der Waals surface area contributed by atoms with Crippen molar-refractivity contribution in [2.45, 2.75) is 6.54 Å². The van der Waals surface area contributed by atoms with Gasteiger partial charge in [-0.2, -0.15) is 0 Å². The van der Waals surface area contributed by atoms with Crippen molar-refractivity contribution in [2.24, 2.45) is 5.73 Å². The van der Waals surface area contributed by atoms with E-state index in [2.05, 4.69) is 4.98 Å². The summed E-state index contributed by atoms with van der Waals surface area (Å²) in [6.07, 6.45) is 1.81. The molecule has 0 unspecified atom stereocenters. The first-order valence-electron chi connectivity index (χ1n) is 6.13. The summed E-state index contributed by atoms with van der Waals surface area (Å²) in [6.45, 7) is 0.501. The number of para-hydroxylation sites is 2. The molecule has 1 aromatic heterocycles. The first kappa shape index (κ1) is 11.7. The van der Waals surface area contributed by atoms with Crippen molar-refractivity contribution in [2.75, 3.05) is 7.11 Å². The van der Waals surface area contributed by atoms with Crippen molar-refractivity contribution in [3.8, 4) is 11.4 Å². The number of methoxy groups -OCH3 is 1. The molecule has 2 N–H and O–H groups in total. The quantitative estimate of drug-likeness (QED) is 0.780. The topological polar surface area (TPSA) is 53.1 Å². The molecule has 4 nitrogen and oxygen atoms in total. The van der Waals surface area contributed by atoms with Gasteiger partial charge < -0.3 is 10.5 Å². The third-order valence-electron chi connectivity index (χ3n) is 3.19. The average Bonchev–Trinajstić information content (AvgIpc) is 2.90. The lowest BCUT2D eigenvalue weighted by atomic mass is 10.2. The zero-order chi connectivity index (χ0) is 13.2. The van der Waals surface area contributed by atoms with E-state index in [0.717, 1.165) is 28.0 Å². The number of aromatic nitrogens is 2. The lowest BCUT2D eigenvalue weighted by Gasteiger charge is -2.11. The smallest absolute Gasteiger partial charge is 0.143 e. The molecule has 96 valence electrons. The van der Waals surface area contributed by atoms with Gasteiger partial charge in [0.2, 0.25) is 0 Å². The third-order valence-corrected chi connectivity index (χ3v) is 3.19. The molecule has 0 aliphatic heterocycles. The average molecular weight is 253 g/mol. The predicted octanol–water partition coefficient (Wildman–Crippen LogP) is 2.49. The van der Waals surface area contributed by atoms with E-state index in [4.69, 9.17) is 10.5 Å². The summed E-state index contributed by atoms with van der Waals surface area (Å²) in [6, 6.07) is 14.0. The maximum Gasteiger partial charge on any atom is 0.143 e. The molecular formula is C15H15N3O. The van der Waals surface area contributed by atoms with Crippen LogP contribution in [0.2, 0.25) is 0 Å². The summed E-state index contributed by atoms with van der Waals surface area (Å²) in [5.74, 6) is 0.797. The van der Waals surface area contributed by atoms with Gasteiger partial charge in [-0.15, -0.1) is 0 Å². The zero-order valence-electron chi connectivity index (χ0n) is 10.7. The van der Waals surface area contributed by atoms with Crippen molar-refractivity contribution in [3.63, 3.8) is 0 Å². The highest BCUT2D eigenvalue weighted by Gasteiger charge is 2.09. The third kappa shape index (κ3) is 1.96. The Kier molecular flexibility index (Phi) is 2.93. The number of hydrogen-bond acceptors (Lipinski definition) is 3. The molecule has 3 aromatic rings. The van der Waals surface area contributed by atoms with Gasteiger partial charge in [0.25, 0.3) is 0 Å². The van der Waals surface area contributed by atoms with Gasteiger partial charge in [-0.1, -0.05) is 18.2 Å². The van der Waals surface area contributed by atoms with E-state index < -0.39 is 0 Å². The number of nitrogens with two attached hydrogens (primary N) is 1. The maximum atomic E-state index is 5.66. The van der Waals surface area contributed by atoms with E-state index in [0.29, 0.717) is 6.54 Å². The number of ether oxygens (including phenoxy) is 1. The highest BCUT2D eigenvalue weighted by atomic mass is 16.5. The maximum absolute atomic E-state index is 5.66. The highest BCUT2D eigenvalue weighted by Crippen LogP contribution is 2.27. The van der Waals surface area contributed by atoms with Crippen molar-refractivity contribution in [1.82, 2.24) is 9.55 Å². The SMILES string of the molecule is COc1cc(CN)ccc1-n1cnc2ccccc21. The van der Waals surface area contributed by atoms with Crippen molar-refractivity contribution < 1.29 is 4.74 Å². The molecule has 0 saturated heterocycles. The molecule has 3 rings (SSSR count). The van der Waals surface area contributed by atoms with Crippen LogP contribution in [-0.4, -0.2) is 16.7 Å². The highest BCUT2D eigenvalue weighted by molar-refractivity contribution is 5.77. The first-order valence-corrected chi connectivity index (χ1v) is 6.13. The minimum absolute atomic E-state index is 0.501. The molecule has 0 aliphatic carbocycles. The second-order valence-electron chi connectivity index (χ2n) is 4.31. The molecule has 0 bridgehead atoms. The van der Waals surface area contributed by atoms with Gasteiger partial charge in [0.15, 0.2) is 0 Å². The molecule has 19 heavy (non-hydrogen) atoms. The molecule has 0 aliphatic rings. The molecule has 0 spiro atoms. The Balaban J connectivity index is 2.21. The molecular weight excluding hydrogens is 238 g/mol. The van der Waals surface area contributed by atoms with Crippen LogP contribution in [-0.2, 0) is 6.54 Å². The second-order valence-corrected chi connectivity index (χ2v) is 4.31. The molecule has 4 heteroatoms. The van der Waals surface area contributed by atoms with Crippen LogP contribution >= 0.6 is 0 Å². The number of fused-ring (bicyclic) bond motifs is 1. The fourth-order valence-corrected chi connectivity index (χ4v) is 2.20. The van der Waals surface area contributed by atoms with E-state index in [-0.39, 0.29) is 0 Å². The number of nitrogens with zero attached hydrogens (tertiary/aromatic N) is 2. The van der Waals surface area contributed by atoms with Crippen LogP contribution in [0.3, 0.4) is 0 Å². The van der Waals surface area contributed by atoms with E-state index in [9.17, 15) is 0 Å². The van der Waals surface area contributed by atoms with Crippen LogP contribution in [0.15, 0.2) is 48.8 Å². The summed E-state index contributed by atoms with van der Waals surface area (Å²) in [5, 5.41) is 0. The molecule has 1 heterocycles. The van der Waals surface area contributed by atoms with Crippen LogP contribution in [0, 0.1) is 0 Å². The van der Waals surface area contributed by atoms with Gasteiger partial charge in [0.05, 0.1) is 23.8 Å². The molecule has 0 fully saturated rings. The van der Waals surface area contributed by atoms with E-state index >= 15 is 0 Å². The summed E-state index contributed by atoms with van der Waals surface area (Å²) < 4.78 is 7.48. The second kappa shape index (κ2) is 4.74. The number of imidazole rings is 1. The lowest BCUT2D eigenvalue weighted by Crippen LogP contribution is -2.01. The molecule has 0 saturated carbocycles. The standard InChI is InChI=1S/C15H15N3O/c1-19-15-8-11(9-16)6-7-14(15)18-10-17-12-4-2-3-5-13(12)18/h2-8,10H,9,16H2,1H3. The Labute approximate surface area is 111 Å². The zero-order valence-corrected chi connectivity index (χ0v) is 10.7. The summed E-state index contributed by atoms with van der Waals surface area (Å²) >= 11 is 0. The van der Waals surface area contributed by atoms with E-state index in [1.54, 1.807) is 7.11 Å². The van der Waals surface area contributed by atoms with Crippen molar-refractivity contribution in [3.05, 3.63) is 54.4 Å². The Bertz CT molecular complexity index is 718. The summed E-state index contributed by atoms with van der Waals surface area (Å²) in [7, 11) is 1.66. The van der Waals surface area contributed by atoms with Crippen molar-refractivity contribution >= 4 is 11.0 Å². The Hall–Kier alpha value is -2.33. The Morgan fingerprint density at radius 2 is 2.05 bits per heavy atom. The largest absolute Gasteiger partial charge is 0.495 e. The van der Waals surface area contributed by atoms with Crippen LogP contribution in [0.5, 0.6) is 5.75 Å². The Morgan fingerprint density at radius 1 is 1.21 bits per heavy atom. The van der Waals surface area contributed by atoms with Gasteiger partial charge in [0.1, 0.15) is 12.1 Å².